The highest BCUT2D eigenvalue weighted by molar-refractivity contribution is 5.81. The molecule has 0 N–H and O–H groups in total. The molecule has 1 aliphatic carbocycles. The SMILES string of the molecule is Cc1noc(-c2nn(C)c3c2CN(C(=O)C2CC2)CC3)n1. The van der Waals surface area contributed by atoms with Crippen LogP contribution in [0.3, 0.4) is 0 Å². The molecular formula is C14H17N5O2. The fraction of sp³-hybridized carbons (Fsp3) is 0.571. The zero-order valence-corrected chi connectivity index (χ0v) is 12.2. The van der Waals surface area contributed by atoms with E-state index in [1.54, 1.807) is 6.92 Å². The summed E-state index contributed by atoms with van der Waals surface area (Å²) in [5.74, 6) is 1.55. The summed E-state index contributed by atoms with van der Waals surface area (Å²) in [6.07, 6.45) is 2.89. The van der Waals surface area contributed by atoms with Crippen LogP contribution in [0, 0.1) is 12.8 Å². The van der Waals surface area contributed by atoms with Crippen molar-refractivity contribution in [2.45, 2.75) is 32.7 Å². The standard InChI is InChI=1S/C14H17N5O2/c1-8-15-13(21-17-8)12-10-7-19(14(20)9-3-4-9)6-5-11(10)18(2)16-12/h9H,3-7H2,1-2H3. The van der Waals surface area contributed by atoms with Gasteiger partial charge in [0.2, 0.25) is 5.91 Å². The maximum absolute atomic E-state index is 12.3. The number of nitrogens with zero attached hydrogens (tertiary/aromatic N) is 5. The summed E-state index contributed by atoms with van der Waals surface area (Å²) in [4.78, 5) is 18.5. The first-order valence-electron chi connectivity index (χ1n) is 7.27. The molecule has 1 fully saturated rings. The second-order valence-corrected chi connectivity index (χ2v) is 5.83. The Balaban J connectivity index is 1.70. The van der Waals surface area contributed by atoms with E-state index in [1.165, 1.54) is 0 Å². The molecule has 4 rings (SSSR count). The van der Waals surface area contributed by atoms with E-state index in [1.807, 2.05) is 16.6 Å². The molecule has 0 saturated heterocycles. The number of fused-ring (bicyclic) bond motifs is 1. The van der Waals surface area contributed by atoms with Crippen molar-refractivity contribution in [3.63, 3.8) is 0 Å². The van der Waals surface area contributed by atoms with Crippen LogP contribution in [-0.4, -0.2) is 37.3 Å². The summed E-state index contributed by atoms with van der Waals surface area (Å²) in [5.41, 5.74) is 2.91. The second kappa shape index (κ2) is 4.41. The van der Waals surface area contributed by atoms with E-state index in [-0.39, 0.29) is 11.8 Å². The molecule has 110 valence electrons. The van der Waals surface area contributed by atoms with Gasteiger partial charge in [0.15, 0.2) is 11.5 Å². The predicted octanol–water partition coefficient (Wildman–Crippen LogP) is 1.07. The molecule has 2 aromatic heterocycles. The molecule has 1 amide bonds. The van der Waals surface area contributed by atoms with Gasteiger partial charge in [0, 0.05) is 43.7 Å². The van der Waals surface area contributed by atoms with E-state index >= 15 is 0 Å². The van der Waals surface area contributed by atoms with Crippen molar-refractivity contribution in [2.24, 2.45) is 13.0 Å². The van der Waals surface area contributed by atoms with Gasteiger partial charge in [-0.3, -0.25) is 9.48 Å². The van der Waals surface area contributed by atoms with E-state index < -0.39 is 0 Å². The van der Waals surface area contributed by atoms with Crippen LogP contribution in [0.15, 0.2) is 4.52 Å². The monoisotopic (exact) mass is 287 g/mol. The maximum atomic E-state index is 12.3. The van der Waals surface area contributed by atoms with Crippen LogP contribution in [0.2, 0.25) is 0 Å². The van der Waals surface area contributed by atoms with Crippen molar-refractivity contribution in [1.82, 2.24) is 24.8 Å². The minimum atomic E-state index is 0.248. The van der Waals surface area contributed by atoms with Crippen molar-refractivity contribution >= 4 is 5.91 Å². The normalized spacial score (nSPS) is 17.9. The van der Waals surface area contributed by atoms with E-state index in [9.17, 15) is 4.79 Å². The first-order valence-corrected chi connectivity index (χ1v) is 7.27. The molecule has 21 heavy (non-hydrogen) atoms. The van der Waals surface area contributed by atoms with E-state index in [0.717, 1.165) is 37.1 Å². The van der Waals surface area contributed by atoms with Crippen LogP contribution < -0.4 is 0 Å². The van der Waals surface area contributed by atoms with Gasteiger partial charge < -0.3 is 9.42 Å². The molecule has 7 nitrogen and oxygen atoms in total. The predicted molar refractivity (Wildman–Crippen MR) is 73.1 cm³/mol. The molecule has 2 aromatic rings. The average Bonchev–Trinajstić information content (AvgIpc) is 3.17. The van der Waals surface area contributed by atoms with E-state index in [4.69, 9.17) is 4.52 Å². The van der Waals surface area contributed by atoms with Gasteiger partial charge in [-0.05, 0) is 19.8 Å². The number of rotatable bonds is 2. The van der Waals surface area contributed by atoms with Gasteiger partial charge in [-0.2, -0.15) is 10.1 Å². The second-order valence-electron chi connectivity index (χ2n) is 5.83. The van der Waals surface area contributed by atoms with Crippen LogP contribution in [-0.2, 0) is 24.8 Å². The zero-order chi connectivity index (χ0) is 14.6. The lowest BCUT2D eigenvalue weighted by molar-refractivity contribution is -0.133. The number of carbonyl (C=O) groups excluding carboxylic acids is 1. The quantitative estimate of drug-likeness (QED) is 0.825. The number of aryl methyl sites for hydroxylation is 2. The molecule has 7 heteroatoms. The summed E-state index contributed by atoms with van der Waals surface area (Å²) in [6, 6.07) is 0. The topological polar surface area (TPSA) is 77.0 Å². The molecule has 0 unspecified atom stereocenters. The van der Waals surface area contributed by atoms with E-state index in [2.05, 4.69) is 15.2 Å². The number of carbonyl (C=O) groups is 1. The van der Waals surface area contributed by atoms with Gasteiger partial charge in [-0.25, -0.2) is 0 Å². The zero-order valence-electron chi connectivity index (χ0n) is 12.2. The Kier molecular flexibility index (Phi) is 2.63. The average molecular weight is 287 g/mol. The Morgan fingerprint density at radius 3 is 2.86 bits per heavy atom. The Morgan fingerprint density at radius 1 is 1.38 bits per heavy atom. The van der Waals surface area contributed by atoms with Gasteiger partial charge in [-0.15, -0.1) is 0 Å². The first-order chi connectivity index (χ1) is 10.1. The number of amides is 1. The third-order valence-corrected chi connectivity index (χ3v) is 4.21. The Bertz CT molecular complexity index is 713. The fourth-order valence-electron chi connectivity index (χ4n) is 2.93. The first kappa shape index (κ1) is 12.6. The third-order valence-electron chi connectivity index (χ3n) is 4.21. The smallest absolute Gasteiger partial charge is 0.278 e. The van der Waals surface area contributed by atoms with Crippen LogP contribution in [0.5, 0.6) is 0 Å². The summed E-state index contributed by atoms with van der Waals surface area (Å²) in [5, 5.41) is 8.34. The third kappa shape index (κ3) is 2.03. The molecule has 3 heterocycles. The molecule has 1 aliphatic heterocycles. The molecule has 0 bridgehead atoms. The van der Waals surface area contributed by atoms with Crippen LogP contribution in [0.25, 0.3) is 11.6 Å². The fourth-order valence-corrected chi connectivity index (χ4v) is 2.93. The minimum absolute atomic E-state index is 0.248. The minimum Gasteiger partial charge on any atom is -0.338 e. The summed E-state index contributed by atoms with van der Waals surface area (Å²) < 4.78 is 7.11. The van der Waals surface area contributed by atoms with Crippen molar-refractivity contribution in [1.29, 1.82) is 0 Å². The number of hydrogen-bond donors (Lipinski definition) is 0. The molecule has 0 atom stereocenters. The van der Waals surface area contributed by atoms with Gasteiger partial charge in [-0.1, -0.05) is 5.16 Å². The van der Waals surface area contributed by atoms with E-state index in [0.29, 0.717) is 24.0 Å². The lowest BCUT2D eigenvalue weighted by atomic mass is 10.0. The van der Waals surface area contributed by atoms with Gasteiger partial charge in [0.05, 0.1) is 0 Å². The van der Waals surface area contributed by atoms with Crippen molar-refractivity contribution in [3.8, 4) is 11.6 Å². The molecule has 1 saturated carbocycles. The molecule has 0 aromatic carbocycles. The molecule has 2 aliphatic rings. The van der Waals surface area contributed by atoms with Crippen LogP contribution in [0.4, 0.5) is 0 Å². The highest BCUT2D eigenvalue weighted by Gasteiger charge is 2.36. The summed E-state index contributed by atoms with van der Waals surface area (Å²) in [7, 11) is 1.92. The Morgan fingerprint density at radius 2 is 2.19 bits per heavy atom. The van der Waals surface area contributed by atoms with Crippen molar-refractivity contribution in [3.05, 3.63) is 17.1 Å². The van der Waals surface area contributed by atoms with Crippen molar-refractivity contribution < 1.29 is 9.32 Å². The van der Waals surface area contributed by atoms with Gasteiger partial charge in [0.25, 0.3) is 5.89 Å². The lowest BCUT2D eigenvalue weighted by Gasteiger charge is -2.27. The van der Waals surface area contributed by atoms with Gasteiger partial charge >= 0.3 is 0 Å². The van der Waals surface area contributed by atoms with Crippen LogP contribution >= 0.6 is 0 Å². The Labute approximate surface area is 121 Å². The summed E-state index contributed by atoms with van der Waals surface area (Å²) >= 11 is 0. The largest absolute Gasteiger partial charge is 0.338 e. The highest BCUT2D eigenvalue weighted by Crippen LogP contribution is 2.34. The number of aromatic nitrogens is 4. The molecular weight excluding hydrogens is 270 g/mol. The number of hydrogen-bond acceptors (Lipinski definition) is 5. The highest BCUT2D eigenvalue weighted by atomic mass is 16.5. The lowest BCUT2D eigenvalue weighted by Crippen LogP contribution is -2.37. The van der Waals surface area contributed by atoms with Crippen LogP contribution in [0.1, 0.15) is 29.9 Å². The molecule has 0 radical (unpaired) electrons. The van der Waals surface area contributed by atoms with Gasteiger partial charge in [0.1, 0.15) is 0 Å². The van der Waals surface area contributed by atoms with Crippen molar-refractivity contribution in [2.75, 3.05) is 6.54 Å². The maximum Gasteiger partial charge on any atom is 0.278 e. The Hall–Kier alpha value is -2.18. The summed E-state index contributed by atoms with van der Waals surface area (Å²) in [6.45, 7) is 3.14. The molecule has 0 spiro atoms.